The summed E-state index contributed by atoms with van der Waals surface area (Å²) in [5.74, 6) is -0.399. The van der Waals surface area contributed by atoms with Crippen LogP contribution in [-0.2, 0) is 9.47 Å². The molecule has 2 atom stereocenters. The van der Waals surface area contributed by atoms with Gasteiger partial charge in [-0.05, 0) is 30.7 Å². The topological polar surface area (TPSA) is 52.6 Å². The normalized spacial score (nSPS) is 21.8. The summed E-state index contributed by atoms with van der Waals surface area (Å²) in [5, 5.41) is 0. The molecule has 4 heteroatoms. The molecule has 0 N–H and O–H groups in total. The van der Waals surface area contributed by atoms with Crippen molar-refractivity contribution in [2.45, 2.75) is 13.3 Å². The Kier molecular flexibility index (Phi) is 4.65. The number of hydrogen-bond acceptors (Lipinski definition) is 4. The van der Waals surface area contributed by atoms with Gasteiger partial charge in [0.2, 0.25) is 0 Å². The summed E-state index contributed by atoms with van der Waals surface area (Å²) in [6.07, 6.45) is 0.886. The van der Waals surface area contributed by atoms with E-state index in [1.54, 1.807) is 48.5 Å². The molecule has 0 saturated heterocycles. The van der Waals surface area contributed by atoms with Crippen molar-refractivity contribution >= 4 is 11.9 Å². The minimum Gasteiger partial charge on any atom is -0.462 e. The lowest BCUT2D eigenvalue weighted by Gasteiger charge is -2.12. The highest BCUT2D eigenvalue weighted by Crippen LogP contribution is 2.52. The second-order valence-electron chi connectivity index (χ2n) is 6.46. The van der Waals surface area contributed by atoms with Crippen LogP contribution in [0.2, 0.25) is 0 Å². The molecule has 4 nitrogen and oxygen atoms in total. The molecule has 0 amide bonds. The molecule has 124 valence electrons. The Morgan fingerprint density at radius 1 is 0.917 bits per heavy atom. The predicted molar refractivity (Wildman–Crippen MR) is 89.7 cm³/mol. The lowest BCUT2D eigenvalue weighted by Crippen LogP contribution is -2.17. The molecule has 1 aliphatic rings. The van der Waals surface area contributed by atoms with Crippen molar-refractivity contribution in [3.8, 4) is 0 Å². The molecule has 1 aliphatic carbocycles. The largest absolute Gasteiger partial charge is 0.462 e. The van der Waals surface area contributed by atoms with Crippen LogP contribution in [0.1, 0.15) is 34.1 Å². The summed E-state index contributed by atoms with van der Waals surface area (Å²) in [4.78, 5) is 23.9. The molecular formula is C20H20O4. The van der Waals surface area contributed by atoms with Crippen LogP contribution in [0.3, 0.4) is 0 Å². The van der Waals surface area contributed by atoms with Gasteiger partial charge in [-0.25, -0.2) is 9.59 Å². The van der Waals surface area contributed by atoms with Gasteiger partial charge in [0.1, 0.15) is 0 Å². The maximum absolute atomic E-state index is 12.0. The van der Waals surface area contributed by atoms with Crippen LogP contribution >= 0.6 is 0 Å². The molecule has 0 bridgehead atoms. The van der Waals surface area contributed by atoms with Crippen molar-refractivity contribution in [2.24, 2.45) is 11.3 Å². The van der Waals surface area contributed by atoms with E-state index in [0.29, 0.717) is 24.3 Å². The molecular weight excluding hydrogens is 304 g/mol. The summed E-state index contributed by atoms with van der Waals surface area (Å²) < 4.78 is 10.8. The molecule has 2 aromatic rings. The van der Waals surface area contributed by atoms with E-state index < -0.39 is 0 Å². The van der Waals surface area contributed by atoms with Crippen LogP contribution < -0.4 is 0 Å². The van der Waals surface area contributed by atoms with Crippen LogP contribution in [0.5, 0.6) is 0 Å². The zero-order valence-corrected chi connectivity index (χ0v) is 13.6. The molecule has 0 radical (unpaired) electrons. The second kappa shape index (κ2) is 6.87. The number of benzene rings is 2. The van der Waals surface area contributed by atoms with Crippen molar-refractivity contribution in [1.29, 1.82) is 0 Å². The summed E-state index contributed by atoms with van der Waals surface area (Å²) in [7, 11) is 0. The van der Waals surface area contributed by atoms with E-state index in [0.717, 1.165) is 6.42 Å². The third-order valence-electron chi connectivity index (χ3n) is 4.51. The third kappa shape index (κ3) is 3.82. The van der Waals surface area contributed by atoms with Gasteiger partial charge in [-0.15, -0.1) is 0 Å². The molecule has 0 spiro atoms. The Bertz CT molecular complexity index is 711. The smallest absolute Gasteiger partial charge is 0.338 e. The van der Waals surface area contributed by atoms with Crippen LogP contribution in [0, 0.1) is 11.3 Å². The number of hydrogen-bond donors (Lipinski definition) is 0. The molecule has 1 fully saturated rings. The fraction of sp³-hybridized carbons (Fsp3) is 0.300. The van der Waals surface area contributed by atoms with Gasteiger partial charge < -0.3 is 9.47 Å². The highest BCUT2D eigenvalue weighted by Gasteiger charge is 2.51. The van der Waals surface area contributed by atoms with E-state index in [9.17, 15) is 9.59 Å². The maximum atomic E-state index is 12.0. The molecule has 0 heterocycles. The molecule has 2 aromatic carbocycles. The Morgan fingerprint density at radius 2 is 1.42 bits per heavy atom. The Hall–Kier alpha value is -2.62. The first-order valence-electron chi connectivity index (χ1n) is 8.03. The van der Waals surface area contributed by atoms with Crippen molar-refractivity contribution in [1.82, 2.24) is 0 Å². The van der Waals surface area contributed by atoms with Crippen LogP contribution in [0.25, 0.3) is 0 Å². The zero-order valence-electron chi connectivity index (χ0n) is 13.6. The fourth-order valence-corrected chi connectivity index (χ4v) is 2.66. The molecule has 1 saturated carbocycles. The second-order valence-corrected chi connectivity index (χ2v) is 6.46. The van der Waals surface area contributed by atoms with Gasteiger partial charge in [0, 0.05) is 11.3 Å². The van der Waals surface area contributed by atoms with Crippen LogP contribution in [-0.4, -0.2) is 25.2 Å². The molecule has 3 rings (SSSR count). The predicted octanol–water partition coefficient (Wildman–Crippen LogP) is 3.73. The van der Waals surface area contributed by atoms with E-state index in [4.69, 9.17) is 9.47 Å². The van der Waals surface area contributed by atoms with E-state index in [1.807, 2.05) is 19.1 Å². The zero-order chi connectivity index (χ0) is 17.0. The average Bonchev–Trinajstić information content (AvgIpc) is 3.29. The lowest BCUT2D eigenvalue weighted by atomic mass is 10.1. The highest BCUT2D eigenvalue weighted by molar-refractivity contribution is 5.89. The average molecular weight is 324 g/mol. The van der Waals surface area contributed by atoms with Gasteiger partial charge in [-0.1, -0.05) is 43.3 Å². The summed E-state index contributed by atoms with van der Waals surface area (Å²) in [5.41, 5.74) is 0.991. The number of carbonyl (C=O) groups is 2. The van der Waals surface area contributed by atoms with E-state index in [-0.39, 0.29) is 23.3 Å². The number of carbonyl (C=O) groups excluding carboxylic acids is 2. The fourth-order valence-electron chi connectivity index (χ4n) is 2.66. The molecule has 0 aromatic heterocycles. The first-order valence-corrected chi connectivity index (χ1v) is 8.03. The van der Waals surface area contributed by atoms with Crippen molar-refractivity contribution in [3.63, 3.8) is 0 Å². The number of rotatable bonds is 6. The Labute approximate surface area is 141 Å². The molecule has 0 aliphatic heterocycles. The van der Waals surface area contributed by atoms with Crippen molar-refractivity contribution in [3.05, 3.63) is 71.8 Å². The van der Waals surface area contributed by atoms with Crippen molar-refractivity contribution in [2.75, 3.05) is 13.2 Å². The van der Waals surface area contributed by atoms with Crippen LogP contribution in [0.15, 0.2) is 60.7 Å². The van der Waals surface area contributed by atoms with Gasteiger partial charge in [0.05, 0.1) is 24.3 Å². The number of ether oxygens (including phenoxy) is 2. The van der Waals surface area contributed by atoms with Crippen LogP contribution in [0.4, 0.5) is 0 Å². The van der Waals surface area contributed by atoms with Gasteiger partial charge in [0.25, 0.3) is 0 Å². The maximum Gasteiger partial charge on any atom is 0.338 e. The standard InChI is InChI=1S/C20H20O4/c1-20(14-24-19(22)16-10-6-3-7-11-16)12-17(20)13-23-18(21)15-8-4-2-5-9-15/h2-11,17H,12-14H2,1H3/t17-,20+/m0/s1. The summed E-state index contributed by atoms with van der Waals surface area (Å²) in [6, 6.07) is 17.9. The Balaban J connectivity index is 1.44. The third-order valence-corrected chi connectivity index (χ3v) is 4.51. The van der Waals surface area contributed by atoms with E-state index >= 15 is 0 Å². The first kappa shape index (κ1) is 16.2. The SMILES string of the molecule is C[C@]1(COC(=O)c2ccccc2)C[C@H]1COC(=O)c1ccccc1. The van der Waals surface area contributed by atoms with Gasteiger partial charge in [0.15, 0.2) is 0 Å². The van der Waals surface area contributed by atoms with Gasteiger partial charge in [-0.2, -0.15) is 0 Å². The highest BCUT2D eigenvalue weighted by atomic mass is 16.5. The van der Waals surface area contributed by atoms with E-state index in [2.05, 4.69) is 0 Å². The summed E-state index contributed by atoms with van der Waals surface area (Å²) >= 11 is 0. The minimum absolute atomic E-state index is 0.110. The Morgan fingerprint density at radius 3 is 1.96 bits per heavy atom. The van der Waals surface area contributed by atoms with E-state index in [1.165, 1.54) is 0 Å². The van der Waals surface area contributed by atoms with Crippen molar-refractivity contribution < 1.29 is 19.1 Å². The lowest BCUT2D eigenvalue weighted by molar-refractivity contribution is 0.0353. The molecule has 24 heavy (non-hydrogen) atoms. The quantitative estimate of drug-likeness (QED) is 0.760. The summed E-state index contributed by atoms with van der Waals surface area (Å²) in [6.45, 7) is 2.74. The molecule has 0 unspecified atom stereocenters. The van der Waals surface area contributed by atoms with Gasteiger partial charge in [-0.3, -0.25) is 0 Å². The monoisotopic (exact) mass is 324 g/mol. The minimum atomic E-state index is -0.316. The first-order chi connectivity index (χ1) is 11.6. The van der Waals surface area contributed by atoms with Gasteiger partial charge >= 0.3 is 11.9 Å². The number of esters is 2.